The van der Waals surface area contributed by atoms with Gasteiger partial charge < -0.3 is 20.3 Å². The maximum atomic E-state index is 12.0. The Labute approximate surface area is 148 Å². The number of aliphatic hydroxyl groups is 2. The average Bonchev–Trinajstić information content (AvgIpc) is 3.19. The van der Waals surface area contributed by atoms with Gasteiger partial charge in [-0.3, -0.25) is 5.32 Å². The number of benzene rings is 1. The van der Waals surface area contributed by atoms with Crippen LogP contribution in [0.2, 0.25) is 0 Å². The van der Waals surface area contributed by atoms with Gasteiger partial charge in [0.15, 0.2) is 0 Å². The molecular formula is C16H20N4O4S. The molecule has 1 aliphatic rings. The van der Waals surface area contributed by atoms with Crippen LogP contribution in [0.1, 0.15) is 28.7 Å². The van der Waals surface area contributed by atoms with Crippen molar-refractivity contribution in [3.8, 4) is 0 Å². The van der Waals surface area contributed by atoms with Crippen molar-refractivity contribution in [2.75, 3.05) is 11.9 Å². The van der Waals surface area contributed by atoms with Crippen LogP contribution in [0.5, 0.6) is 0 Å². The molecule has 1 aromatic heterocycles. The first-order valence-corrected chi connectivity index (χ1v) is 8.75. The molecule has 2 heterocycles. The van der Waals surface area contributed by atoms with E-state index in [0.29, 0.717) is 23.1 Å². The molecule has 3 rings (SSSR count). The van der Waals surface area contributed by atoms with E-state index in [4.69, 9.17) is 9.84 Å². The lowest BCUT2D eigenvalue weighted by atomic mass is 10.1. The van der Waals surface area contributed by atoms with Gasteiger partial charge in [-0.1, -0.05) is 41.2 Å². The van der Waals surface area contributed by atoms with E-state index in [0.717, 1.165) is 11.1 Å². The van der Waals surface area contributed by atoms with Gasteiger partial charge >= 0.3 is 6.03 Å². The zero-order valence-electron chi connectivity index (χ0n) is 13.7. The van der Waals surface area contributed by atoms with Crippen LogP contribution in [0.25, 0.3) is 0 Å². The van der Waals surface area contributed by atoms with Crippen LogP contribution in [0, 0.1) is 6.92 Å². The zero-order valence-corrected chi connectivity index (χ0v) is 14.5. The first kappa shape index (κ1) is 17.7. The number of nitrogens with zero attached hydrogens (tertiary/aromatic N) is 2. The third-order valence-corrected chi connectivity index (χ3v) is 4.81. The standard InChI is InChI=1S/C16H20N4O4S/c1-9-3-2-4-10(5-9)7-17-15(23)18-16-20-19-14(25-16)12-6-11(22)13(8-21)24-12/h2-5,11-13,21-22H,6-8H2,1H3,(H2,17,18,20,23)/t11-,12+,13+/m0/s1. The van der Waals surface area contributed by atoms with Crippen LogP contribution in [-0.2, 0) is 11.3 Å². The summed E-state index contributed by atoms with van der Waals surface area (Å²) in [7, 11) is 0. The van der Waals surface area contributed by atoms with Gasteiger partial charge in [-0.15, -0.1) is 10.2 Å². The monoisotopic (exact) mass is 364 g/mol. The van der Waals surface area contributed by atoms with Crippen molar-refractivity contribution in [3.05, 3.63) is 40.4 Å². The SMILES string of the molecule is Cc1cccc(CNC(=O)Nc2nnc([C@H]3C[C@H](O)[C@@H](CO)O3)s2)c1. The number of carbonyl (C=O) groups is 1. The van der Waals surface area contributed by atoms with Gasteiger partial charge in [0.2, 0.25) is 5.13 Å². The summed E-state index contributed by atoms with van der Waals surface area (Å²) in [6.45, 7) is 2.16. The van der Waals surface area contributed by atoms with Gasteiger partial charge in [0.1, 0.15) is 17.2 Å². The molecule has 1 aliphatic heterocycles. The van der Waals surface area contributed by atoms with Crippen molar-refractivity contribution < 1.29 is 19.7 Å². The predicted molar refractivity (Wildman–Crippen MR) is 92.3 cm³/mol. The van der Waals surface area contributed by atoms with Gasteiger partial charge in [0, 0.05) is 13.0 Å². The molecule has 1 fully saturated rings. The number of rotatable bonds is 5. The first-order chi connectivity index (χ1) is 12.0. The van der Waals surface area contributed by atoms with Crippen molar-refractivity contribution in [3.63, 3.8) is 0 Å². The minimum absolute atomic E-state index is 0.247. The molecule has 1 saturated heterocycles. The van der Waals surface area contributed by atoms with E-state index in [9.17, 15) is 9.90 Å². The van der Waals surface area contributed by atoms with Crippen molar-refractivity contribution in [1.29, 1.82) is 0 Å². The topological polar surface area (TPSA) is 117 Å². The fourth-order valence-electron chi connectivity index (χ4n) is 2.61. The molecule has 4 N–H and O–H groups in total. The second-order valence-corrected chi connectivity index (χ2v) is 6.90. The van der Waals surface area contributed by atoms with Gasteiger partial charge in [-0.05, 0) is 12.5 Å². The Morgan fingerprint density at radius 2 is 2.28 bits per heavy atom. The Balaban J connectivity index is 1.52. The van der Waals surface area contributed by atoms with Gasteiger partial charge in [0.05, 0.1) is 12.7 Å². The van der Waals surface area contributed by atoms with Gasteiger partial charge in [-0.25, -0.2) is 4.79 Å². The average molecular weight is 364 g/mol. The lowest BCUT2D eigenvalue weighted by Crippen LogP contribution is -2.28. The predicted octanol–water partition coefficient (Wildman–Crippen LogP) is 1.35. The third kappa shape index (κ3) is 4.51. The normalized spacial score (nSPS) is 22.8. The number of carbonyl (C=O) groups excluding carboxylic acids is 1. The summed E-state index contributed by atoms with van der Waals surface area (Å²) >= 11 is 1.19. The van der Waals surface area contributed by atoms with Crippen molar-refractivity contribution in [2.24, 2.45) is 0 Å². The minimum atomic E-state index is -0.729. The van der Waals surface area contributed by atoms with Crippen molar-refractivity contribution >= 4 is 22.5 Å². The third-order valence-electron chi connectivity index (χ3n) is 3.88. The van der Waals surface area contributed by atoms with Crippen LogP contribution < -0.4 is 10.6 Å². The van der Waals surface area contributed by atoms with E-state index in [1.54, 1.807) is 0 Å². The van der Waals surface area contributed by atoms with Gasteiger partial charge in [0.25, 0.3) is 0 Å². The number of hydrogen-bond acceptors (Lipinski definition) is 7. The summed E-state index contributed by atoms with van der Waals surface area (Å²) < 4.78 is 5.52. The largest absolute Gasteiger partial charge is 0.394 e. The molecule has 2 amide bonds. The number of hydrogen-bond donors (Lipinski definition) is 4. The molecule has 2 aromatic rings. The summed E-state index contributed by atoms with van der Waals surface area (Å²) in [6.07, 6.45) is -1.41. The van der Waals surface area contributed by atoms with E-state index in [-0.39, 0.29) is 12.6 Å². The van der Waals surface area contributed by atoms with Crippen molar-refractivity contribution in [1.82, 2.24) is 15.5 Å². The second kappa shape index (κ2) is 7.87. The number of aromatic nitrogens is 2. The highest BCUT2D eigenvalue weighted by Gasteiger charge is 2.36. The smallest absolute Gasteiger partial charge is 0.321 e. The first-order valence-electron chi connectivity index (χ1n) is 7.93. The molecule has 0 bridgehead atoms. The molecule has 0 saturated carbocycles. The highest BCUT2D eigenvalue weighted by Crippen LogP contribution is 2.35. The van der Waals surface area contributed by atoms with Crippen LogP contribution >= 0.6 is 11.3 Å². The second-order valence-electron chi connectivity index (χ2n) is 5.89. The molecule has 0 aliphatic carbocycles. The molecule has 0 unspecified atom stereocenters. The number of amides is 2. The lowest BCUT2D eigenvalue weighted by molar-refractivity contribution is -0.0227. The molecule has 134 valence electrons. The number of anilines is 1. The highest BCUT2D eigenvalue weighted by atomic mass is 32.1. The lowest BCUT2D eigenvalue weighted by Gasteiger charge is -2.09. The molecule has 1 aromatic carbocycles. The number of urea groups is 1. The fourth-order valence-corrected chi connectivity index (χ4v) is 3.40. The molecule has 3 atom stereocenters. The van der Waals surface area contributed by atoms with E-state index in [1.165, 1.54) is 11.3 Å². The minimum Gasteiger partial charge on any atom is -0.394 e. The number of ether oxygens (including phenoxy) is 1. The van der Waals surface area contributed by atoms with Crippen LogP contribution in [0.15, 0.2) is 24.3 Å². The van der Waals surface area contributed by atoms with E-state index in [2.05, 4.69) is 20.8 Å². The van der Waals surface area contributed by atoms with Gasteiger partial charge in [-0.2, -0.15) is 0 Å². The van der Waals surface area contributed by atoms with Crippen LogP contribution in [-0.4, -0.2) is 45.3 Å². The Bertz CT molecular complexity index is 738. The van der Waals surface area contributed by atoms with Crippen LogP contribution in [0.4, 0.5) is 9.93 Å². The number of aliphatic hydroxyl groups excluding tert-OH is 2. The van der Waals surface area contributed by atoms with E-state index < -0.39 is 18.3 Å². The molecule has 0 spiro atoms. The summed E-state index contributed by atoms with van der Waals surface area (Å²) in [6, 6.07) is 7.51. The molecule has 9 heteroatoms. The Morgan fingerprint density at radius 1 is 1.44 bits per heavy atom. The van der Waals surface area contributed by atoms with E-state index in [1.807, 2.05) is 31.2 Å². The number of nitrogens with one attached hydrogen (secondary N) is 2. The number of aryl methyl sites for hydroxylation is 1. The molecule has 8 nitrogen and oxygen atoms in total. The Hall–Kier alpha value is -2.07. The zero-order chi connectivity index (χ0) is 17.8. The van der Waals surface area contributed by atoms with Crippen LogP contribution in [0.3, 0.4) is 0 Å². The summed E-state index contributed by atoms with van der Waals surface area (Å²) in [5, 5.41) is 33.1. The fraction of sp³-hybridized carbons (Fsp3) is 0.438. The molecular weight excluding hydrogens is 344 g/mol. The van der Waals surface area contributed by atoms with Crippen molar-refractivity contribution in [2.45, 2.75) is 38.2 Å². The quantitative estimate of drug-likeness (QED) is 0.636. The Morgan fingerprint density at radius 3 is 3.00 bits per heavy atom. The summed E-state index contributed by atoms with van der Waals surface area (Å²) in [5.41, 5.74) is 2.14. The highest BCUT2D eigenvalue weighted by molar-refractivity contribution is 7.15. The maximum absolute atomic E-state index is 12.0. The Kier molecular flexibility index (Phi) is 5.59. The van der Waals surface area contributed by atoms with E-state index >= 15 is 0 Å². The summed E-state index contributed by atoms with van der Waals surface area (Å²) in [4.78, 5) is 12.0. The maximum Gasteiger partial charge on any atom is 0.321 e. The molecule has 25 heavy (non-hydrogen) atoms. The summed E-state index contributed by atoms with van der Waals surface area (Å²) in [5.74, 6) is 0. The molecule has 0 radical (unpaired) electrons.